The molecule has 270 valence electrons. The minimum Gasteiger partial charge on any atom is -0.509 e. The van der Waals surface area contributed by atoms with Crippen molar-refractivity contribution in [2.75, 3.05) is 19.6 Å². The van der Waals surface area contributed by atoms with Crippen molar-refractivity contribution in [3.63, 3.8) is 0 Å². The molecule has 2 heterocycles. The van der Waals surface area contributed by atoms with Crippen LogP contribution in [0.5, 0.6) is 11.5 Å². The fraction of sp³-hybridized carbons (Fsp3) is 0. The van der Waals surface area contributed by atoms with Gasteiger partial charge in [0.2, 0.25) is 0 Å². The third-order valence-electron chi connectivity index (χ3n) is 10.0. The van der Waals surface area contributed by atoms with Gasteiger partial charge in [0.05, 0.1) is 0 Å². The van der Waals surface area contributed by atoms with E-state index in [-0.39, 0.29) is 21.1 Å². The van der Waals surface area contributed by atoms with E-state index < -0.39 is 0 Å². The third kappa shape index (κ3) is 6.61. The molecule has 0 atom stereocenters. The molecule has 2 aliphatic rings. The molecule has 0 aromatic heterocycles. The van der Waals surface area contributed by atoms with Crippen molar-refractivity contribution < 1.29 is 25.8 Å². The van der Waals surface area contributed by atoms with Gasteiger partial charge in [-0.15, -0.1) is 61.1 Å². The van der Waals surface area contributed by atoms with Crippen LogP contribution in [-0.4, -0.2) is 0 Å². The van der Waals surface area contributed by atoms with E-state index in [0.717, 1.165) is 61.8 Å². The Morgan fingerprint density at radius 1 is 0.429 bits per heavy atom. The van der Waals surface area contributed by atoms with E-state index >= 15 is 0 Å². The third-order valence-corrected chi connectivity index (χ3v) is 10.0. The number of ether oxygens (including phenoxy) is 1. The molecule has 0 saturated heterocycles. The van der Waals surface area contributed by atoms with E-state index in [0.29, 0.717) is 11.5 Å². The number of para-hydroxylation sites is 2. The summed E-state index contributed by atoms with van der Waals surface area (Å²) in [7, 11) is 0. The normalized spacial score (nSPS) is 13.2. The number of benzene rings is 8. The Balaban J connectivity index is 0.00000410. The summed E-state index contributed by atoms with van der Waals surface area (Å²) in [5.41, 5.74) is 10.7. The van der Waals surface area contributed by atoms with Crippen LogP contribution in [0.15, 0.2) is 194 Å². The Kier molecular flexibility index (Phi) is 9.61. The van der Waals surface area contributed by atoms with Crippen LogP contribution >= 0.6 is 0 Å². The average Bonchev–Trinajstić information content (AvgIpc) is 3.91. The van der Waals surface area contributed by atoms with Crippen molar-refractivity contribution in [2.45, 2.75) is 0 Å². The molecule has 8 aromatic rings. The molecule has 10 rings (SSSR count). The van der Waals surface area contributed by atoms with E-state index in [1.165, 1.54) is 5.39 Å². The molecule has 5 nitrogen and oxygen atoms in total. The molecule has 2 aliphatic heterocycles. The first-order valence-corrected chi connectivity index (χ1v) is 18.3. The quantitative estimate of drug-likeness (QED) is 0.141. The molecule has 0 N–H and O–H groups in total. The summed E-state index contributed by atoms with van der Waals surface area (Å²) >= 11 is 0. The molecule has 56 heavy (non-hydrogen) atoms. The topological polar surface area (TPSA) is 22.2 Å². The van der Waals surface area contributed by atoms with Gasteiger partial charge in [-0.25, -0.2) is 0 Å². The molecular formula is C50H34N4OPt. The average molecular weight is 902 g/mol. The van der Waals surface area contributed by atoms with Crippen molar-refractivity contribution in [3.8, 4) is 33.8 Å². The second-order valence-corrected chi connectivity index (χ2v) is 13.4. The zero-order chi connectivity index (χ0) is 36.6. The molecule has 0 amide bonds. The van der Waals surface area contributed by atoms with Crippen LogP contribution < -0.4 is 24.3 Å². The summed E-state index contributed by atoms with van der Waals surface area (Å²) in [4.78, 5) is 8.69. The summed E-state index contributed by atoms with van der Waals surface area (Å²) in [6.07, 6.45) is 4.05. The first-order valence-electron chi connectivity index (χ1n) is 18.3. The number of nitrogens with zero attached hydrogens (tertiary/aromatic N) is 4. The number of hydrogen-bond acceptors (Lipinski definition) is 5. The molecule has 0 spiro atoms. The van der Waals surface area contributed by atoms with Gasteiger partial charge >= 0.3 is 21.1 Å². The van der Waals surface area contributed by atoms with E-state index in [9.17, 15) is 0 Å². The zero-order valence-electron chi connectivity index (χ0n) is 30.1. The van der Waals surface area contributed by atoms with E-state index in [1.54, 1.807) is 0 Å². The molecule has 0 aliphatic carbocycles. The van der Waals surface area contributed by atoms with Gasteiger partial charge in [-0.1, -0.05) is 127 Å². The predicted octanol–water partition coefficient (Wildman–Crippen LogP) is 12.9. The van der Waals surface area contributed by atoms with Gasteiger partial charge in [0.1, 0.15) is 0 Å². The van der Waals surface area contributed by atoms with Crippen molar-refractivity contribution >= 4 is 44.9 Å². The molecule has 0 saturated carbocycles. The van der Waals surface area contributed by atoms with Gasteiger partial charge in [0.25, 0.3) is 0 Å². The number of hydrogen-bond donors (Lipinski definition) is 0. The second-order valence-electron chi connectivity index (χ2n) is 13.4. The summed E-state index contributed by atoms with van der Waals surface area (Å²) in [5, 5.41) is 2.34. The Bertz CT molecular complexity index is 2610. The molecule has 0 unspecified atom stereocenters. The van der Waals surface area contributed by atoms with Crippen molar-refractivity contribution in [1.29, 1.82) is 0 Å². The standard InChI is InChI=1S/C50H34N4O.Pt/c1-4-15-37(16-5-1)45-27-14-28-46(38-17-6-2-7-18-38)49(45)54-36-53(48-30-29-39-19-10-11-26-47(39)50(48)54)42-23-13-25-44(34-42)55-43-24-12-22-41(33-43)52-32-31-51(35-52)40-20-8-3-9-21-40;/h1-32,35-36H;/q-4;+4. The van der Waals surface area contributed by atoms with E-state index in [2.05, 4.69) is 167 Å². The van der Waals surface area contributed by atoms with Gasteiger partial charge in [0, 0.05) is 50.8 Å². The molecular weight excluding hydrogens is 868 g/mol. The largest absolute Gasteiger partial charge is 4.00 e. The van der Waals surface area contributed by atoms with Crippen LogP contribution in [0.2, 0.25) is 0 Å². The minimum atomic E-state index is 0. The number of fused-ring (bicyclic) bond motifs is 3. The van der Waals surface area contributed by atoms with E-state index in [1.807, 2.05) is 72.5 Å². The van der Waals surface area contributed by atoms with Crippen LogP contribution in [0.3, 0.4) is 0 Å². The van der Waals surface area contributed by atoms with Gasteiger partial charge in [-0.05, 0) is 47.1 Å². The van der Waals surface area contributed by atoms with Crippen molar-refractivity contribution in [3.05, 3.63) is 220 Å². The Morgan fingerprint density at radius 3 is 1.70 bits per heavy atom. The van der Waals surface area contributed by atoms with E-state index in [4.69, 9.17) is 4.74 Å². The molecule has 6 heteroatoms. The number of rotatable bonds is 8. The van der Waals surface area contributed by atoms with Crippen molar-refractivity contribution in [1.82, 2.24) is 0 Å². The van der Waals surface area contributed by atoms with Gasteiger partial charge in [-0.2, -0.15) is 12.1 Å². The Labute approximate surface area is 342 Å². The minimum absolute atomic E-state index is 0. The smallest absolute Gasteiger partial charge is 0.509 e. The molecule has 0 radical (unpaired) electrons. The Hall–Kier alpha value is -6.55. The SMILES string of the molecule is [Pt+4].[c-]1c(Oc2[c-]c(N3[CH-]N(c4c(-c5ccccc5)cccc4-c4ccccc4)c4c3ccc3ccccc43)ccc2)cccc1N1C=CN(c2ccccc2)[CH-]1. The molecule has 0 bridgehead atoms. The maximum Gasteiger partial charge on any atom is 4.00 e. The van der Waals surface area contributed by atoms with Crippen molar-refractivity contribution in [2.24, 2.45) is 0 Å². The maximum absolute atomic E-state index is 6.47. The first kappa shape index (κ1) is 35.2. The first-order chi connectivity index (χ1) is 27.3. The van der Waals surface area contributed by atoms with Crippen LogP contribution in [-0.2, 0) is 21.1 Å². The van der Waals surface area contributed by atoms with Crippen LogP contribution in [0.1, 0.15) is 0 Å². The fourth-order valence-corrected chi connectivity index (χ4v) is 7.44. The summed E-state index contributed by atoms with van der Waals surface area (Å²) < 4.78 is 6.47. The van der Waals surface area contributed by atoms with Crippen LogP contribution in [0, 0.1) is 25.5 Å². The molecule has 8 aromatic carbocycles. The number of anilines is 6. The summed E-state index contributed by atoms with van der Waals surface area (Å²) in [6, 6.07) is 70.1. The van der Waals surface area contributed by atoms with Gasteiger partial charge < -0.3 is 24.3 Å². The summed E-state index contributed by atoms with van der Waals surface area (Å²) in [6.45, 7) is 4.23. The van der Waals surface area contributed by atoms with Gasteiger partial charge in [0.15, 0.2) is 0 Å². The second kappa shape index (κ2) is 15.3. The predicted molar refractivity (Wildman–Crippen MR) is 225 cm³/mol. The molecule has 0 fully saturated rings. The van der Waals surface area contributed by atoms with Crippen LogP contribution in [0.4, 0.5) is 34.1 Å². The maximum atomic E-state index is 6.47. The Morgan fingerprint density at radius 2 is 1.00 bits per heavy atom. The summed E-state index contributed by atoms with van der Waals surface area (Å²) in [5.74, 6) is 1.20. The van der Waals surface area contributed by atoms with Gasteiger partial charge in [-0.3, -0.25) is 0 Å². The zero-order valence-corrected chi connectivity index (χ0v) is 32.4. The fourth-order valence-electron chi connectivity index (χ4n) is 7.44. The monoisotopic (exact) mass is 901 g/mol. The van der Waals surface area contributed by atoms with Crippen LogP contribution in [0.25, 0.3) is 33.0 Å².